The molecule has 25 heavy (non-hydrogen) atoms. The Balaban J connectivity index is 1.94. The minimum atomic E-state index is -0.273. The molecule has 3 aromatic rings. The summed E-state index contributed by atoms with van der Waals surface area (Å²) in [6, 6.07) is 17.9. The standard InChI is InChI=1S/C21H22N2O2/c1-3-25-22-21(24)23-18(13-8-12-17-10-5-4-6-11-17)15-19-16(2)9-7-14-20(19)23/h4-12,14-15H,3,13H2,1-2H3,(H,22,24)/b12-8+. The van der Waals surface area contributed by atoms with Gasteiger partial charge in [0.05, 0.1) is 12.1 Å². The second-order valence-corrected chi connectivity index (χ2v) is 5.84. The summed E-state index contributed by atoms with van der Waals surface area (Å²) < 4.78 is 1.69. The van der Waals surface area contributed by atoms with Gasteiger partial charge in [0.2, 0.25) is 0 Å². The van der Waals surface area contributed by atoms with Crippen LogP contribution in [0, 0.1) is 6.92 Å². The number of amides is 1. The zero-order chi connectivity index (χ0) is 17.6. The van der Waals surface area contributed by atoms with E-state index >= 15 is 0 Å². The highest BCUT2D eigenvalue weighted by molar-refractivity contribution is 5.94. The van der Waals surface area contributed by atoms with E-state index < -0.39 is 0 Å². The fourth-order valence-corrected chi connectivity index (χ4v) is 2.88. The van der Waals surface area contributed by atoms with Crippen molar-refractivity contribution in [2.75, 3.05) is 6.61 Å². The smallest absolute Gasteiger partial charge is 0.272 e. The Kier molecular flexibility index (Phi) is 5.31. The van der Waals surface area contributed by atoms with Gasteiger partial charge in [0.15, 0.2) is 0 Å². The molecule has 128 valence electrons. The molecule has 0 fully saturated rings. The van der Waals surface area contributed by atoms with Crippen molar-refractivity contribution in [2.24, 2.45) is 0 Å². The molecule has 0 aliphatic rings. The van der Waals surface area contributed by atoms with Gasteiger partial charge in [-0.15, -0.1) is 0 Å². The van der Waals surface area contributed by atoms with Crippen molar-refractivity contribution in [2.45, 2.75) is 20.3 Å². The van der Waals surface area contributed by atoms with Crippen molar-refractivity contribution in [1.29, 1.82) is 0 Å². The van der Waals surface area contributed by atoms with Crippen molar-refractivity contribution in [1.82, 2.24) is 10.0 Å². The first-order chi connectivity index (χ1) is 12.2. The second-order valence-electron chi connectivity index (χ2n) is 5.84. The number of hydrogen-bond acceptors (Lipinski definition) is 2. The molecule has 1 amide bonds. The summed E-state index contributed by atoms with van der Waals surface area (Å²) in [6.45, 7) is 4.31. The Morgan fingerprint density at radius 1 is 1.16 bits per heavy atom. The van der Waals surface area contributed by atoms with Gasteiger partial charge in [-0.05, 0) is 37.1 Å². The molecule has 0 aliphatic heterocycles. The Hall–Kier alpha value is -2.85. The van der Waals surface area contributed by atoms with E-state index in [1.165, 1.54) is 0 Å². The molecule has 0 unspecified atom stereocenters. The molecular weight excluding hydrogens is 312 g/mol. The van der Waals surface area contributed by atoms with Crippen LogP contribution in [0.5, 0.6) is 0 Å². The molecule has 0 aliphatic carbocycles. The minimum Gasteiger partial charge on any atom is -0.272 e. The molecule has 0 radical (unpaired) electrons. The van der Waals surface area contributed by atoms with Crippen LogP contribution < -0.4 is 5.48 Å². The van der Waals surface area contributed by atoms with Crippen LogP contribution >= 0.6 is 0 Å². The summed E-state index contributed by atoms with van der Waals surface area (Å²) in [7, 11) is 0. The summed E-state index contributed by atoms with van der Waals surface area (Å²) in [5.41, 5.74) is 6.59. The quantitative estimate of drug-likeness (QED) is 0.686. The number of hydroxylamine groups is 1. The number of hydrogen-bond donors (Lipinski definition) is 1. The second kappa shape index (κ2) is 7.81. The van der Waals surface area contributed by atoms with E-state index in [-0.39, 0.29) is 6.03 Å². The first-order valence-corrected chi connectivity index (χ1v) is 8.44. The number of carbonyl (C=O) groups is 1. The summed E-state index contributed by atoms with van der Waals surface area (Å²) in [6.07, 6.45) is 4.79. The van der Waals surface area contributed by atoms with Crippen molar-refractivity contribution < 1.29 is 9.63 Å². The number of aromatic nitrogens is 1. The summed E-state index contributed by atoms with van der Waals surface area (Å²) in [5, 5.41) is 1.08. The third-order valence-electron chi connectivity index (χ3n) is 4.08. The molecule has 0 saturated carbocycles. The average molecular weight is 334 g/mol. The van der Waals surface area contributed by atoms with E-state index in [4.69, 9.17) is 4.84 Å². The molecule has 1 aromatic heterocycles. The molecule has 0 bridgehead atoms. The van der Waals surface area contributed by atoms with Gasteiger partial charge in [-0.2, -0.15) is 0 Å². The molecule has 1 heterocycles. The zero-order valence-electron chi connectivity index (χ0n) is 14.5. The van der Waals surface area contributed by atoms with E-state index in [2.05, 4.69) is 48.8 Å². The lowest BCUT2D eigenvalue weighted by molar-refractivity contribution is 0.0714. The number of carbonyl (C=O) groups excluding carboxylic acids is 1. The summed E-state index contributed by atoms with van der Waals surface area (Å²) in [4.78, 5) is 17.6. The van der Waals surface area contributed by atoms with Crippen molar-refractivity contribution >= 4 is 23.0 Å². The SMILES string of the molecule is CCONC(=O)n1c(C/C=C/c2ccccc2)cc2c(C)cccc21. The fraction of sp³-hybridized carbons (Fsp3) is 0.190. The Morgan fingerprint density at radius 2 is 1.96 bits per heavy atom. The largest absolute Gasteiger partial charge is 0.350 e. The topological polar surface area (TPSA) is 43.3 Å². The van der Waals surface area contributed by atoms with Gasteiger partial charge in [-0.25, -0.2) is 10.3 Å². The predicted molar refractivity (Wildman–Crippen MR) is 101 cm³/mol. The van der Waals surface area contributed by atoms with Crippen molar-refractivity contribution in [3.8, 4) is 0 Å². The van der Waals surface area contributed by atoms with E-state index in [9.17, 15) is 4.79 Å². The van der Waals surface area contributed by atoms with Crippen LogP contribution in [0.25, 0.3) is 17.0 Å². The number of nitrogens with one attached hydrogen (secondary N) is 1. The van der Waals surface area contributed by atoms with Crippen LogP contribution in [0.1, 0.15) is 23.7 Å². The number of benzene rings is 2. The highest BCUT2D eigenvalue weighted by Gasteiger charge is 2.15. The van der Waals surface area contributed by atoms with Crippen LogP contribution in [0.4, 0.5) is 4.79 Å². The molecule has 3 rings (SSSR count). The van der Waals surface area contributed by atoms with Gasteiger partial charge in [0.25, 0.3) is 0 Å². The highest BCUT2D eigenvalue weighted by Crippen LogP contribution is 2.24. The minimum absolute atomic E-state index is 0.273. The van der Waals surface area contributed by atoms with E-state index in [0.717, 1.165) is 27.7 Å². The number of fused-ring (bicyclic) bond motifs is 1. The maximum absolute atomic E-state index is 12.5. The van der Waals surface area contributed by atoms with Gasteiger partial charge < -0.3 is 0 Å². The van der Waals surface area contributed by atoms with Gasteiger partial charge in [-0.3, -0.25) is 9.40 Å². The Morgan fingerprint density at radius 3 is 2.72 bits per heavy atom. The van der Waals surface area contributed by atoms with E-state index in [0.29, 0.717) is 13.0 Å². The molecule has 4 nitrogen and oxygen atoms in total. The molecule has 1 N–H and O–H groups in total. The predicted octanol–water partition coefficient (Wildman–Crippen LogP) is 4.71. The van der Waals surface area contributed by atoms with Crippen LogP contribution in [0.3, 0.4) is 0 Å². The lowest BCUT2D eigenvalue weighted by Gasteiger charge is -2.09. The van der Waals surface area contributed by atoms with Crippen LogP contribution in [-0.2, 0) is 11.3 Å². The summed E-state index contributed by atoms with van der Waals surface area (Å²) >= 11 is 0. The lowest BCUT2D eigenvalue weighted by atomic mass is 10.1. The number of nitrogens with zero attached hydrogens (tertiary/aromatic N) is 1. The van der Waals surface area contributed by atoms with Gasteiger partial charge in [0.1, 0.15) is 0 Å². The number of aryl methyl sites for hydroxylation is 1. The monoisotopic (exact) mass is 334 g/mol. The average Bonchev–Trinajstić information content (AvgIpc) is 3.00. The lowest BCUT2D eigenvalue weighted by Crippen LogP contribution is -2.29. The number of rotatable bonds is 5. The van der Waals surface area contributed by atoms with Gasteiger partial charge in [-0.1, -0.05) is 54.6 Å². The maximum atomic E-state index is 12.5. The van der Waals surface area contributed by atoms with Gasteiger partial charge in [0, 0.05) is 17.5 Å². The van der Waals surface area contributed by atoms with Crippen LogP contribution in [0.15, 0.2) is 60.7 Å². The summed E-state index contributed by atoms with van der Waals surface area (Å²) in [5.74, 6) is 0. The normalized spacial score (nSPS) is 11.3. The molecule has 0 atom stereocenters. The Labute approximate surface area is 147 Å². The van der Waals surface area contributed by atoms with Crippen LogP contribution in [0.2, 0.25) is 0 Å². The van der Waals surface area contributed by atoms with Crippen molar-refractivity contribution in [3.05, 3.63) is 77.5 Å². The highest BCUT2D eigenvalue weighted by atomic mass is 16.7. The third-order valence-corrected chi connectivity index (χ3v) is 4.08. The molecule has 0 spiro atoms. The molecule has 0 saturated heterocycles. The third kappa shape index (κ3) is 3.80. The number of allylic oxidation sites excluding steroid dienone is 1. The van der Waals surface area contributed by atoms with Gasteiger partial charge >= 0.3 is 6.03 Å². The molecule has 2 aromatic carbocycles. The fourth-order valence-electron chi connectivity index (χ4n) is 2.88. The zero-order valence-corrected chi connectivity index (χ0v) is 14.5. The van der Waals surface area contributed by atoms with E-state index in [1.54, 1.807) is 4.57 Å². The Bertz CT molecular complexity index is 895. The van der Waals surface area contributed by atoms with E-state index in [1.807, 2.05) is 37.3 Å². The first kappa shape index (κ1) is 17.0. The van der Waals surface area contributed by atoms with Crippen molar-refractivity contribution in [3.63, 3.8) is 0 Å². The first-order valence-electron chi connectivity index (χ1n) is 8.44. The molecular formula is C21H22N2O2. The maximum Gasteiger partial charge on any atom is 0.350 e. The van der Waals surface area contributed by atoms with Crippen LogP contribution in [-0.4, -0.2) is 17.2 Å². The molecule has 4 heteroatoms.